The molecule has 0 saturated heterocycles. The lowest BCUT2D eigenvalue weighted by molar-refractivity contribution is 1.02. The van der Waals surface area contributed by atoms with Gasteiger partial charge in [-0.25, -0.2) is 0 Å². The maximum absolute atomic E-state index is 8.38. The van der Waals surface area contributed by atoms with Crippen molar-refractivity contribution in [1.82, 2.24) is 0 Å². The predicted molar refractivity (Wildman–Crippen MR) is 38.8 cm³/mol. The summed E-state index contributed by atoms with van der Waals surface area (Å²) in [5.41, 5.74) is 0. The second-order valence-corrected chi connectivity index (χ2v) is 5.58. The highest BCUT2D eigenvalue weighted by molar-refractivity contribution is 9.25. The lowest BCUT2D eigenvalue weighted by Gasteiger charge is -1.85. The standard InChI is InChI=1S/C5H2Br2N2/c6-5(7)3(1-8)4(5)2-9/h3-4H. The summed E-state index contributed by atoms with van der Waals surface area (Å²) in [6, 6.07) is 4.03. The number of rotatable bonds is 0. The number of alkyl halides is 2. The van der Waals surface area contributed by atoms with E-state index in [9.17, 15) is 0 Å². The van der Waals surface area contributed by atoms with Crippen LogP contribution < -0.4 is 0 Å². The molecule has 0 bridgehead atoms. The summed E-state index contributed by atoms with van der Waals surface area (Å²) in [4.78, 5) is 0. The van der Waals surface area contributed by atoms with Gasteiger partial charge in [-0.15, -0.1) is 0 Å². The van der Waals surface area contributed by atoms with Crippen molar-refractivity contribution in [3.8, 4) is 12.1 Å². The van der Waals surface area contributed by atoms with Crippen LogP contribution in [0.5, 0.6) is 0 Å². The lowest BCUT2D eigenvalue weighted by Crippen LogP contribution is -1.84. The molecule has 0 aliphatic heterocycles. The van der Waals surface area contributed by atoms with Gasteiger partial charge in [0.1, 0.15) is 3.23 Å². The van der Waals surface area contributed by atoms with Gasteiger partial charge in [0.05, 0.1) is 24.0 Å². The molecule has 0 aromatic heterocycles. The number of hydrogen-bond donors (Lipinski definition) is 0. The van der Waals surface area contributed by atoms with Gasteiger partial charge in [0.2, 0.25) is 0 Å². The predicted octanol–water partition coefficient (Wildman–Crippen LogP) is 1.77. The fourth-order valence-corrected chi connectivity index (χ4v) is 1.85. The minimum absolute atomic E-state index is 0.192. The van der Waals surface area contributed by atoms with Crippen molar-refractivity contribution in [3.05, 3.63) is 0 Å². The average molecular weight is 250 g/mol. The van der Waals surface area contributed by atoms with Crippen molar-refractivity contribution in [2.24, 2.45) is 11.8 Å². The molecular weight excluding hydrogens is 248 g/mol. The smallest absolute Gasteiger partial charge is 0.115 e. The van der Waals surface area contributed by atoms with Gasteiger partial charge < -0.3 is 0 Å². The Bertz CT molecular complexity index is 188. The van der Waals surface area contributed by atoms with E-state index in [0.717, 1.165) is 0 Å². The molecule has 0 amide bonds. The fourth-order valence-electron chi connectivity index (χ4n) is 0.648. The molecule has 1 aliphatic carbocycles. The van der Waals surface area contributed by atoms with Crippen molar-refractivity contribution in [2.45, 2.75) is 3.23 Å². The zero-order valence-corrected chi connectivity index (χ0v) is 7.48. The molecule has 1 aliphatic rings. The minimum atomic E-state index is -0.413. The van der Waals surface area contributed by atoms with Crippen LogP contribution in [-0.2, 0) is 0 Å². The van der Waals surface area contributed by atoms with E-state index >= 15 is 0 Å². The molecule has 0 radical (unpaired) electrons. The SMILES string of the molecule is N#CC1C(C#N)C1(Br)Br. The maximum atomic E-state index is 8.38. The van der Waals surface area contributed by atoms with Crippen LogP contribution >= 0.6 is 31.9 Å². The van der Waals surface area contributed by atoms with Gasteiger partial charge in [0.15, 0.2) is 0 Å². The molecular formula is C5H2Br2N2. The molecule has 0 aromatic carbocycles. The van der Waals surface area contributed by atoms with E-state index in [1.807, 2.05) is 12.1 Å². The monoisotopic (exact) mass is 248 g/mol. The zero-order valence-electron chi connectivity index (χ0n) is 4.31. The summed E-state index contributed by atoms with van der Waals surface area (Å²) in [5, 5.41) is 16.8. The number of halogens is 2. The lowest BCUT2D eigenvalue weighted by atomic mass is 10.4. The Labute approximate surface area is 69.7 Å². The third-order valence-electron chi connectivity index (χ3n) is 1.33. The van der Waals surface area contributed by atoms with Gasteiger partial charge in [-0.2, -0.15) is 10.5 Å². The summed E-state index contributed by atoms with van der Waals surface area (Å²) in [5.74, 6) is -0.384. The number of nitrogens with zero attached hydrogens (tertiary/aromatic N) is 2. The molecule has 46 valence electrons. The Kier molecular flexibility index (Phi) is 1.54. The Balaban J connectivity index is 2.72. The van der Waals surface area contributed by atoms with E-state index in [2.05, 4.69) is 31.9 Å². The normalized spacial score (nSPS) is 36.4. The Morgan fingerprint density at radius 3 is 1.56 bits per heavy atom. The highest BCUT2D eigenvalue weighted by Crippen LogP contribution is 2.61. The highest BCUT2D eigenvalue weighted by atomic mass is 79.9. The second kappa shape index (κ2) is 1.97. The molecule has 1 fully saturated rings. The van der Waals surface area contributed by atoms with E-state index in [-0.39, 0.29) is 11.8 Å². The Morgan fingerprint density at radius 2 is 1.44 bits per heavy atom. The maximum Gasteiger partial charge on any atom is 0.115 e. The third-order valence-corrected chi connectivity index (χ3v) is 3.30. The average Bonchev–Trinajstić information content (AvgIpc) is 2.32. The van der Waals surface area contributed by atoms with Crippen molar-refractivity contribution in [1.29, 1.82) is 10.5 Å². The van der Waals surface area contributed by atoms with Crippen LogP contribution in [0.25, 0.3) is 0 Å². The minimum Gasteiger partial charge on any atom is -0.198 e. The fraction of sp³-hybridized carbons (Fsp3) is 0.600. The molecule has 2 atom stereocenters. The van der Waals surface area contributed by atoms with Crippen LogP contribution in [0.3, 0.4) is 0 Å². The van der Waals surface area contributed by atoms with Crippen molar-refractivity contribution >= 4 is 31.9 Å². The molecule has 2 unspecified atom stereocenters. The summed E-state index contributed by atoms with van der Waals surface area (Å²) >= 11 is 6.42. The van der Waals surface area contributed by atoms with Gasteiger partial charge in [0, 0.05) is 0 Å². The van der Waals surface area contributed by atoms with Crippen LogP contribution in [0.2, 0.25) is 0 Å². The number of nitriles is 2. The largest absolute Gasteiger partial charge is 0.198 e. The van der Waals surface area contributed by atoms with Gasteiger partial charge in [-0.05, 0) is 0 Å². The van der Waals surface area contributed by atoms with Crippen LogP contribution in [-0.4, -0.2) is 3.23 Å². The highest BCUT2D eigenvalue weighted by Gasteiger charge is 2.63. The summed E-state index contributed by atoms with van der Waals surface area (Å²) in [6.45, 7) is 0. The first-order valence-corrected chi connectivity index (χ1v) is 3.90. The summed E-state index contributed by atoms with van der Waals surface area (Å²) in [7, 11) is 0. The van der Waals surface area contributed by atoms with Crippen molar-refractivity contribution < 1.29 is 0 Å². The summed E-state index contributed by atoms with van der Waals surface area (Å²) < 4.78 is -0.413. The van der Waals surface area contributed by atoms with E-state index in [0.29, 0.717) is 0 Å². The molecule has 1 rings (SSSR count). The van der Waals surface area contributed by atoms with Crippen LogP contribution in [0.1, 0.15) is 0 Å². The van der Waals surface area contributed by atoms with Gasteiger partial charge in [-0.1, -0.05) is 31.9 Å². The molecule has 0 spiro atoms. The first kappa shape index (κ1) is 7.05. The van der Waals surface area contributed by atoms with E-state index in [1.165, 1.54) is 0 Å². The number of hydrogen-bond acceptors (Lipinski definition) is 2. The second-order valence-electron chi connectivity index (χ2n) is 1.89. The summed E-state index contributed by atoms with van der Waals surface area (Å²) in [6.07, 6.45) is 0. The van der Waals surface area contributed by atoms with Crippen LogP contribution in [0.15, 0.2) is 0 Å². The van der Waals surface area contributed by atoms with E-state index in [1.54, 1.807) is 0 Å². The van der Waals surface area contributed by atoms with Gasteiger partial charge >= 0.3 is 0 Å². The van der Waals surface area contributed by atoms with Gasteiger partial charge in [-0.3, -0.25) is 0 Å². The van der Waals surface area contributed by atoms with Crippen LogP contribution in [0, 0.1) is 34.5 Å². The quantitative estimate of drug-likeness (QED) is 0.615. The molecule has 2 nitrogen and oxygen atoms in total. The van der Waals surface area contributed by atoms with Crippen LogP contribution in [0.4, 0.5) is 0 Å². The molecule has 0 heterocycles. The van der Waals surface area contributed by atoms with E-state index < -0.39 is 3.23 Å². The van der Waals surface area contributed by atoms with Crippen molar-refractivity contribution in [2.75, 3.05) is 0 Å². The zero-order chi connectivity index (χ0) is 7.07. The molecule has 9 heavy (non-hydrogen) atoms. The van der Waals surface area contributed by atoms with Gasteiger partial charge in [0.25, 0.3) is 0 Å². The Morgan fingerprint density at radius 1 is 1.11 bits per heavy atom. The molecule has 1 saturated carbocycles. The molecule has 0 N–H and O–H groups in total. The first-order valence-electron chi connectivity index (χ1n) is 2.31. The topological polar surface area (TPSA) is 47.6 Å². The molecule has 4 heteroatoms. The van der Waals surface area contributed by atoms with E-state index in [4.69, 9.17) is 10.5 Å². The molecule has 0 aromatic rings. The first-order chi connectivity index (χ1) is 4.14. The Hall–Kier alpha value is -0.0600. The third kappa shape index (κ3) is 0.870. The van der Waals surface area contributed by atoms with Crippen molar-refractivity contribution in [3.63, 3.8) is 0 Å².